The Balaban J connectivity index is 0.000000448. The molecule has 5 rings (SSSR count). The molecule has 4 aliphatic rings. The third kappa shape index (κ3) is 7.13. The molecule has 1 aromatic carbocycles. The Morgan fingerprint density at radius 3 is 2.21 bits per heavy atom. The number of carboxylic acids is 1. The SMILES string of the molecule is C[C@@H]1C[C@@]2(CCN1Cc1ccccc1)C(=NC1CCCCC1)NC(=O)N2C1CCCCC1.O=C(O)C(F)(F)F. The van der Waals surface area contributed by atoms with Gasteiger partial charge in [0.1, 0.15) is 11.4 Å². The number of hydrogen-bond acceptors (Lipinski definition) is 4. The molecule has 1 aromatic rings. The number of rotatable bonds is 4. The summed E-state index contributed by atoms with van der Waals surface area (Å²) in [4.78, 5) is 32.4. The van der Waals surface area contributed by atoms with E-state index in [4.69, 9.17) is 14.9 Å². The van der Waals surface area contributed by atoms with Gasteiger partial charge in [-0.3, -0.25) is 15.2 Å². The first kappa shape index (κ1) is 29.4. The number of likely N-dealkylation sites (tertiary alicyclic amines) is 1. The average Bonchev–Trinajstić information content (AvgIpc) is 3.17. The third-order valence-corrected chi connectivity index (χ3v) is 8.71. The highest BCUT2D eigenvalue weighted by molar-refractivity contribution is 6.10. The van der Waals surface area contributed by atoms with Gasteiger partial charge in [0.05, 0.1) is 6.04 Å². The molecule has 2 aliphatic carbocycles. The van der Waals surface area contributed by atoms with Gasteiger partial charge in [0.2, 0.25) is 0 Å². The molecule has 4 fully saturated rings. The Morgan fingerprint density at radius 1 is 1.05 bits per heavy atom. The number of nitrogens with zero attached hydrogens (tertiary/aromatic N) is 3. The fraction of sp³-hybridized carbons (Fsp3) is 0.690. The van der Waals surface area contributed by atoms with E-state index in [1.807, 2.05) is 0 Å². The van der Waals surface area contributed by atoms with Crippen LogP contribution in [0.15, 0.2) is 35.3 Å². The van der Waals surface area contributed by atoms with Crippen LogP contribution in [0.2, 0.25) is 0 Å². The summed E-state index contributed by atoms with van der Waals surface area (Å²) >= 11 is 0. The van der Waals surface area contributed by atoms with E-state index in [1.54, 1.807) is 0 Å². The van der Waals surface area contributed by atoms with E-state index in [0.29, 0.717) is 18.1 Å². The summed E-state index contributed by atoms with van der Waals surface area (Å²) in [7, 11) is 0. The maximum atomic E-state index is 13.4. The number of piperidine rings is 1. The second-order valence-corrected chi connectivity index (χ2v) is 11.5. The Labute approximate surface area is 228 Å². The fourth-order valence-electron chi connectivity index (χ4n) is 6.74. The lowest BCUT2D eigenvalue weighted by Gasteiger charge is -2.50. The third-order valence-electron chi connectivity index (χ3n) is 8.71. The van der Waals surface area contributed by atoms with Gasteiger partial charge in [0.25, 0.3) is 0 Å². The zero-order chi connectivity index (χ0) is 28.0. The van der Waals surface area contributed by atoms with Gasteiger partial charge >= 0.3 is 18.2 Å². The number of amides is 2. The number of nitrogens with one attached hydrogen (secondary N) is 1. The molecule has 39 heavy (non-hydrogen) atoms. The zero-order valence-corrected chi connectivity index (χ0v) is 22.8. The zero-order valence-electron chi connectivity index (χ0n) is 22.8. The van der Waals surface area contributed by atoms with Gasteiger partial charge in [-0.15, -0.1) is 0 Å². The normalized spacial score (nSPS) is 28.3. The molecule has 216 valence electrons. The van der Waals surface area contributed by atoms with Gasteiger partial charge in [-0.1, -0.05) is 68.9 Å². The molecule has 0 bridgehead atoms. The molecular weight excluding hydrogens is 509 g/mol. The van der Waals surface area contributed by atoms with Crippen molar-refractivity contribution < 1.29 is 27.9 Å². The number of benzene rings is 1. The molecular formula is C29H41F3N4O3. The number of halogens is 3. The highest BCUT2D eigenvalue weighted by Gasteiger charge is 2.56. The number of amidine groups is 1. The van der Waals surface area contributed by atoms with Crippen molar-refractivity contribution in [2.24, 2.45) is 4.99 Å². The van der Waals surface area contributed by atoms with Crippen LogP contribution in [0.3, 0.4) is 0 Å². The molecule has 2 N–H and O–H groups in total. The largest absolute Gasteiger partial charge is 0.490 e. The van der Waals surface area contributed by atoms with E-state index in [-0.39, 0.29) is 11.6 Å². The number of urea groups is 1. The van der Waals surface area contributed by atoms with Crippen LogP contribution in [0, 0.1) is 0 Å². The maximum absolute atomic E-state index is 13.4. The Bertz CT molecular complexity index is 1010. The lowest BCUT2D eigenvalue weighted by Crippen LogP contribution is -2.61. The Kier molecular flexibility index (Phi) is 9.56. The predicted molar refractivity (Wildman–Crippen MR) is 144 cm³/mol. The van der Waals surface area contributed by atoms with Crippen molar-refractivity contribution in [3.8, 4) is 0 Å². The second kappa shape index (κ2) is 12.7. The smallest absolute Gasteiger partial charge is 0.475 e. The first-order chi connectivity index (χ1) is 18.6. The van der Waals surface area contributed by atoms with Crippen LogP contribution in [0.1, 0.15) is 89.5 Å². The van der Waals surface area contributed by atoms with Crippen LogP contribution < -0.4 is 5.32 Å². The van der Waals surface area contributed by atoms with E-state index in [0.717, 1.165) is 44.6 Å². The molecule has 10 heteroatoms. The topological polar surface area (TPSA) is 85.2 Å². The van der Waals surface area contributed by atoms with Crippen LogP contribution in [-0.2, 0) is 11.3 Å². The highest BCUT2D eigenvalue weighted by atomic mass is 19.4. The van der Waals surface area contributed by atoms with Gasteiger partial charge in [-0.05, 0) is 51.0 Å². The summed E-state index contributed by atoms with van der Waals surface area (Å²) in [5, 5.41) is 10.4. The maximum Gasteiger partial charge on any atom is 0.490 e. The standard InChI is InChI=1S/C27H40N4O.C2HF3O2/c1-21-19-27(17-18-30(21)20-22-11-5-2-6-12-22)25(28-23-13-7-3-8-14-23)29-26(32)31(27)24-15-9-4-10-16-24;3-2(4,5)1(6)7/h2,5-6,11-12,21,23-24H,3-4,7-10,13-20H2,1H3,(H,28,29,32);(H,6,7)/t21-,27+;/m1./s1. The number of carbonyl (C=O) groups is 2. The molecule has 2 aliphatic heterocycles. The minimum Gasteiger partial charge on any atom is -0.475 e. The number of aliphatic carboxylic acids is 1. The van der Waals surface area contributed by atoms with Crippen molar-refractivity contribution in [2.75, 3.05) is 6.54 Å². The van der Waals surface area contributed by atoms with E-state index in [2.05, 4.69) is 52.4 Å². The molecule has 0 unspecified atom stereocenters. The van der Waals surface area contributed by atoms with Crippen LogP contribution in [0.4, 0.5) is 18.0 Å². The summed E-state index contributed by atoms with van der Waals surface area (Å²) in [6, 6.07) is 12.1. The molecule has 2 heterocycles. The minimum absolute atomic E-state index is 0.121. The molecule has 2 amide bonds. The van der Waals surface area contributed by atoms with Gasteiger partial charge < -0.3 is 10.0 Å². The van der Waals surface area contributed by atoms with Crippen molar-refractivity contribution in [2.45, 2.75) is 120 Å². The molecule has 2 saturated carbocycles. The molecule has 7 nitrogen and oxygen atoms in total. The van der Waals surface area contributed by atoms with Crippen LogP contribution in [-0.4, -0.2) is 69.1 Å². The number of carboxylic acid groups (broad SMARTS) is 1. The number of aliphatic imine (C=N–C) groups is 1. The van der Waals surface area contributed by atoms with Crippen molar-refractivity contribution in [1.82, 2.24) is 15.1 Å². The summed E-state index contributed by atoms with van der Waals surface area (Å²) in [5.41, 5.74) is 1.14. The molecule has 1 spiro atoms. The Hall–Kier alpha value is -2.62. The van der Waals surface area contributed by atoms with E-state index in [1.165, 1.54) is 56.9 Å². The van der Waals surface area contributed by atoms with Gasteiger partial charge in [-0.2, -0.15) is 13.2 Å². The quantitative estimate of drug-likeness (QED) is 0.472. The van der Waals surface area contributed by atoms with Crippen LogP contribution in [0.25, 0.3) is 0 Å². The van der Waals surface area contributed by atoms with Gasteiger partial charge in [0.15, 0.2) is 0 Å². The number of hydrogen-bond donors (Lipinski definition) is 2. The second-order valence-electron chi connectivity index (χ2n) is 11.5. The molecule has 2 saturated heterocycles. The van der Waals surface area contributed by atoms with E-state index in [9.17, 15) is 18.0 Å². The lowest BCUT2D eigenvalue weighted by molar-refractivity contribution is -0.192. The summed E-state index contributed by atoms with van der Waals surface area (Å²) in [6.07, 6.45) is 9.22. The molecule has 2 atom stereocenters. The minimum atomic E-state index is -5.08. The highest BCUT2D eigenvalue weighted by Crippen LogP contribution is 2.42. The van der Waals surface area contributed by atoms with E-state index < -0.39 is 12.1 Å². The summed E-state index contributed by atoms with van der Waals surface area (Å²) < 4.78 is 31.7. The lowest BCUT2D eigenvalue weighted by atomic mass is 9.79. The predicted octanol–water partition coefficient (Wildman–Crippen LogP) is 6.13. The summed E-state index contributed by atoms with van der Waals surface area (Å²) in [5.74, 6) is -1.75. The van der Waals surface area contributed by atoms with Crippen molar-refractivity contribution in [3.63, 3.8) is 0 Å². The van der Waals surface area contributed by atoms with Crippen LogP contribution in [0.5, 0.6) is 0 Å². The van der Waals surface area contributed by atoms with E-state index >= 15 is 0 Å². The fourth-order valence-corrected chi connectivity index (χ4v) is 6.74. The van der Waals surface area contributed by atoms with Crippen molar-refractivity contribution in [1.29, 1.82) is 0 Å². The van der Waals surface area contributed by atoms with Crippen molar-refractivity contribution in [3.05, 3.63) is 35.9 Å². The first-order valence-electron chi connectivity index (χ1n) is 14.4. The average molecular weight is 551 g/mol. The molecule has 0 aromatic heterocycles. The van der Waals surface area contributed by atoms with Gasteiger partial charge in [-0.25, -0.2) is 9.59 Å². The van der Waals surface area contributed by atoms with Crippen molar-refractivity contribution >= 4 is 17.8 Å². The Morgan fingerprint density at radius 2 is 1.64 bits per heavy atom. The number of alkyl halides is 3. The van der Waals surface area contributed by atoms with Gasteiger partial charge in [0, 0.05) is 25.2 Å². The first-order valence-corrected chi connectivity index (χ1v) is 14.4. The monoisotopic (exact) mass is 550 g/mol. The number of carbonyl (C=O) groups excluding carboxylic acids is 1. The van der Waals surface area contributed by atoms with Crippen LogP contribution >= 0.6 is 0 Å². The summed E-state index contributed by atoms with van der Waals surface area (Å²) in [6.45, 7) is 4.35. The molecule has 0 radical (unpaired) electrons.